The van der Waals surface area contributed by atoms with E-state index >= 15 is 0 Å². The highest BCUT2D eigenvalue weighted by Gasteiger charge is 2.34. The van der Waals surface area contributed by atoms with Crippen molar-refractivity contribution in [1.82, 2.24) is 15.3 Å². The van der Waals surface area contributed by atoms with E-state index in [-0.39, 0.29) is 24.5 Å². The van der Waals surface area contributed by atoms with Crippen molar-refractivity contribution >= 4 is 33.7 Å². The number of anilines is 1. The van der Waals surface area contributed by atoms with Gasteiger partial charge in [-0.25, -0.2) is 9.97 Å². The van der Waals surface area contributed by atoms with Gasteiger partial charge in [-0.1, -0.05) is 12.1 Å². The van der Waals surface area contributed by atoms with Gasteiger partial charge in [-0.05, 0) is 37.5 Å². The lowest BCUT2D eigenvalue weighted by Crippen LogP contribution is -2.45. The first-order valence-corrected chi connectivity index (χ1v) is 11.7. The van der Waals surface area contributed by atoms with E-state index in [2.05, 4.69) is 20.6 Å². The van der Waals surface area contributed by atoms with Gasteiger partial charge in [0, 0.05) is 23.9 Å². The number of hydrogen-bond acceptors (Lipinski definition) is 7. The first-order valence-electron chi connectivity index (χ1n) is 9.96. The summed E-state index contributed by atoms with van der Waals surface area (Å²) in [5.41, 5.74) is 1.63. The Morgan fingerprint density at radius 2 is 1.94 bits per heavy atom. The highest BCUT2D eigenvalue weighted by Crippen LogP contribution is 2.34. The molecule has 1 aliphatic rings. The molecule has 11 heteroatoms. The number of thiazole rings is 2. The molecule has 2 aromatic heterocycles. The van der Waals surface area contributed by atoms with Crippen LogP contribution in [0, 0.1) is 12.8 Å². The third kappa shape index (κ3) is 5.17. The molecule has 0 aliphatic heterocycles. The molecular weight excluding hydrogens is 461 g/mol. The number of rotatable bonds is 7. The van der Waals surface area contributed by atoms with Gasteiger partial charge in [0.05, 0.1) is 28.4 Å². The third-order valence-electron chi connectivity index (χ3n) is 5.33. The number of nitrogens with zero attached hydrogens (tertiary/aromatic N) is 2. The number of aliphatic hydroxyl groups is 1. The molecule has 1 aromatic carbocycles. The van der Waals surface area contributed by atoms with Crippen LogP contribution in [0.25, 0.3) is 10.6 Å². The SMILES string of the molecule is Cc1nc(CO)sc1-c1csc(NC(=O)[C@H]2C[C@@H](NCc3ccc(C(F)(F)F)cc3)C2)n1. The summed E-state index contributed by atoms with van der Waals surface area (Å²) in [6, 6.07) is 5.24. The van der Waals surface area contributed by atoms with Gasteiger partial charge in [0.15, 0.2) is 5.13 Å². The number of aromatic nitrogens is 2. The van der Waals surface area contributed by atoms with Gasteiger partial charge in [-0.3, -0.25) is 4.79 Å². The summed E-state index contributed by atoms with van der Waals surface area (Å²) in [4.78, 5) is 22.1. The number of nitrogens with one attached hydrogen (secondary N) is 2. The van der Waals surface area contributed by atoms with Crippen molar-refractivity contribution < 1.29 is 23.1 Å². The van der Waals surface area contributed by atoms with Crippen molar-refractivity contribution in [1.29, 1.82) is 0 Å². The predicted molar refractivity (Wildman–Crippen MR) is 117 cm³/mol. The standard InChI is InChI=1S/C21H21F3N4O2S2/c1-11-18(32-17(9-29)26-11)16-10-31-20(27-16)28-19(30)13-6-15(7-13)25-8-12-2-4-14(5-3-12)21(22,23)24/h2-5,10,13,15,25,29H,6-9H2,1H3,(H,27,28,30)/t13-,15+. The van der Waals surface area contributed by atoms with Gasteiger partial charge in [-0.2, -0.15) is 13.2 Å². The number of aliphatic hydroxyl groups excluding tert-OH is 1. The Labute approximate surface area is 190 Å². The van der Waals surface area contributed by atoms with Gasteiger partial charge < -0.3 is 15.7 Å². The molecule has 3 aromatic rings. The van der Waals surface area contributed by atoms with Crippen LogP contribution >= 0.6 is 22.7 Å². The normalized spacial score (nSPS) is 18.4. The zero-order chi connectivity index (χ0) is 22.9. The fourth-order valence-corrected chi connectivity index (χ4v) is 5.14. The van der Waals surface area contributed by atoms with Crippen LogP contribution in [0.1, 0.15) is 34.7 Å². The van der Waals surface area contributed by atoms with E-state index in [9.17, 15) is 23.1 Å². The Morgan fingerprint density at radius 3 is 2.56 bits per heavy atom. The van der Waals surface area contributed by atoms with Crippen molar-refractivity contribution in [3.63, 3.8) is 0 Å². The van der Waals surface area contributed by atoms with Gasteiger partial charge in [0.25, 0.3) is 0 Å². The molecule has 0 saturated heterocycles. The number of carbonyl (C=O) groups excluding carboxylic acids is 1. The van der Waals surface area contributed by atoms with E-state index in [1.807, 2.05) is 12.3 Å². The second-order valence-electron chi connectivity index (χ2n) is 7.65. The maximum absolute atomic E-state index is 12.6. The number of carbonyl (C=O) groups is 1. The Morgan fingerprint density at radius 1 is 1.22 bits per heavy atom. The summed E-state index contributed by atoms with van der Waals surface area (Å²) < 4.78 is 37.9. The monoisotopic (exact) mass is 482 g/mol. The molecule has 1 aliphatic carbocycles. The Bertz CT molecular complexity index is 1090. The Hall–Kier alpha value is -2.34. The van der Waals surface area contributed by atoms with E-state index in [0.717, 1.165) is 34.0 Å². The number of alkyl halides is 3. The molecule has 1 amide bonds. The second-order valence-corrected chi connectivity index (χ2v) is 9.59. The average molecular weight is 483 g/mol. The zero-order valence-electron chi connectivity index (χ0n) is 17.1. The van der Waals surface area contributed by atoms with Crippen molar-refractivity contribution in [2.45, 2.75) is 45.1 Å². The summed E-state index contributed by atoms with van der Waals surface area (Å²) in [7, 11) is 0. The molecule has 0 bridgehead atoms. The predicted octanol–water partition coefficient (Wildman–Crippen LogP) is 4.59. The number of halogens is 3. The summed E-state index contributed by atoms with van der Waals surface area (Å²) in [6.07, 6.45) is -3.00. The van der Waals surface area contributed by atoms with Crippen LogP contribution in [-0.4, -0.2) is 27.0 Å². The minimum atomic E-state index is -4.33. The Balaban J connectivity index is 1.24. The van der Waals surface area contributed by atoms with E-state index in [1.165, 1.54) is 34.8 Å². The smallest absolute Gasteiger partial charge is 0.389 e. The van der Waals surface area contributed by atoms with Crippen LogP contribution in [0.4, 0.5) is 18.3 Å². The van der Waals surface area contributed by atoms with E-state index in [1.54, 1.807) is 0 Å². The molecule has 0 atom stereocenters. The first kappa shape index (κ1) is 22.8. The molecule has 170 valence electrons. The van der Waals surface area contributed by atoms with Crippen LogP contribution in [0.15, 0.2) is 29.6 Å². The van der Waals surface area contributed by atoms with Gasteiger partial charge >= 0.3 is 6.18 Å². The molecule has 2 heterocycles. The maximum Gasteiger partial charge on any atom is 0.416 e. The molecule has 4 rings (SSSR count). The Kier molecular flexibility index (Phi) is 6.61. The van der Waals surface area contributed by atoms with Gasteiger partial charge in [0.2, 0.25) is 5.91 Å². The molecule has 32 heavy (non-hydrogen) atoms. The van der Waals surface area contributed by atoms with Crippen LogP contribution in [0.3, 0.4) is 0 Å². The summed E-state index contributed by atoms with van der Waals surface area (Å²) in [6.45, 7) is 2.20. The number of benzene rings is 1. The third-order valence-corrected chi connectivity index (χ3v) is 7.25. The number of amides is 1. The molecule has 1 saturated carbocycles. The largest absolute Gasteiger partial charge is 0.416 e. The number of hydrogen-bond donors (Lipinski definition) is 3. The lowest BCUT2D eigenvalue weighted by atomic mass is 9.79. The molecule has 3 N–H and O–H groups in total. The lowest BCUT2D eigenvalue weighted by molar-refractivity contribution is -0.137. The first-order chi connectivity index (χ1) is 15.2. The quantitative estimate of drug-likeness (QED) is 0.459. The number of aryl methyl sites for hydroxylation is 1. The molecule has 0 radical (unpaired) electrons. The highest BCUT2D eigenvalue weighted by atomic mass is 32.1. The summed E-state index contributed by atoms with van der Waals surface area (Å²) >= 11 is 2.72. The molecule has 1 fully saturated rings. The van der Waals surface area contributed by atoms with Gasteiger partial charge in [-0.15, -0.1) is 22.7 Å². The fraction of sp³-hybridized carbons (Fsp3) is 0.381. The molecular formula is C21H21F3N4O2S2. The van der Waals surface area contributed by atoms with E-state index in [0.29, 0.717) is 29.5 Å². The minimum absolute atomic E-state index is 0.0875. The highest BCUT2D eigenvalue weighted by molar-refractivity contribution is 7.17. The minimum Gasteiger partial charge on any atom is -0.389 e. The van der Waals surface area contributed by atoms with Crippen molar-refractivity contribution in [2.24, 2.45) is 5.92 Å². The fourth-order valence-electron chi connectivity index (χ4n) is 3.47. The van der Waals surface area contributed by atoms with Crippen LogP contribution < -0.4 is 10.6 Å². The maximum atomic E-state index is 12.6. The van der Waals surface area contributed by atoms with Crippen LogP contribution in [0.2, 0.25) is 0 Å². The molecule has 6 nitrogen and oxygen atoms in total. The topological polar surface area (TPSA) is 87.1 Å². The van der Waals surface area contributed by atoms with Crippen molar-refractivity contribution in [3.05, 3.63) is 51.5 Å². The van der Waals surface area contributed by atoms with Crippen molar-refractivity contribution in [3.8, 4) is 10.6 Å². The summed E-state index contributed by atoms with van der Waals surface area (Å²) in [5, 5.41) is 18.4. The zero-order valence-corrected chi connectivity index (χ0v) is 18.7. The second kappa shape index (κ2) is 9.26. The van der Waals surface area contributed by atoms with E-state index < -0.39 is 11.7 Å². The average Bonchev–Trinajstić information content (AvgIpc) is 3.32. The summed E-state index contributed by atoms with van der Waals surface area (Å²) in [5.74, 6) is -0.214. The van der Waals surface area contributed by atoms with E-state index in [4.69, 9.17) is 0 Å². The van der Waals surface area contributed by atoms with Gasteiger partial charge in [0.1, 0.15) is 5.01 Å². The van der Waals surface area contributed by atoms with Crippen molar-refractivity contribution in [2.75, 3.05) is 5.32 Å². The van der Waals surface area contributed by atoms with Crippen LogP contribution in [-0.2, 0) is 24.1 Å². The van der Waals surface area contributed by atoms with Crippen LogP contribution in [0.5, 0.6) is 0 Å². The lowest BCUT2D eigenvalue weighted by Gasteiger charge is -2.34. The molecule has 0 unspecified atom stereocenters. The molecule has 0 spiro atoms.